The fourth-order valence-corrected chi connectivity index (χ4v) is 2.76. The number of morpholine rings is 1. The second-order valence-electron chi connectivity index (χ2n) is 5.60. The molecule has 0 bridgehead atoms. The summed E-state index contributed by atoms with van der Waals surface area (Å²) in [6.07, 6.45) is -0.992. The molecule has 22 heavy (non-hydrogen) atoms. The van der Waals surface area contributed by atoms with Gasteiger partial charge in [0, 0.05) is 25.2 Å². The van der Waals surface area contributed by atoms with Crippen molar-refractivity contribution in [2.45, 2.75) is 19.1 Å². The van der Waals surface area contributed by atoms with Gasteiger partial charge in [0.1, 0.15) is 23.4 Å². The van der Waals surface area contributed by atoms with Crippen LogP contribution in [0, 0.1) is 12.7 Å². The summed E-state index contributed by atoms with van der Waals surface area (Å²) in [5.74, 6) is 1.27. The fraction of sp³-hybridized carbons (Fsp3) is 0.412. The third-order valence-corrected chi connectivity index (χ3v) is 3.92. The van der Waals surface area contributed by atoms with E-state index in [0.29, 0.717) is 31.8 Å². The molecular formula is C17H20FNO3. The first kappa shape index (κ1) is 15.2. The molecule has 1 saturated heterocycles. The molecule has 0 radical (unpaired) electrons. The molecule has 1 aliphatic rings. The number of β-amino-alcohol motifs (C(OH)–C–C–N with tert-alkyl or cyclic N) is 1. The molecule has 1 aromatic heterocycles. The topological polar surface area (TPSA) is 45.8 Å². The molecule has 0 amide bonds. The number of hydrogen-bond donors (Lipinski definition) is 1. The van der Waals surface area contributed by atoms with Gasteiger partial charge in [0.25, 0.3) is 0 Å². The van der Waals surface area contributed by atoms with Gasteiger partial charge in [-0.1, -0.05) is 18.2 Å². The number of hydrogen-bond acceptors (Lipinski definition) is 4. The standard InChI is InChI=1S/C17H20FNO3/c1-12-6-7-16(22-12)17-11-19(8-9-21-17)10-15(20)13-4-2-3-5-14(13)18/h2-7,15,17,20H,8-11H2,1H3. The van der Waals surface area contributed by atoms with Crippen LogP contribution in [0.25, 0.3) is 0 Å². The molecule has 5 heteroatoms. The molecule has 4 nitrogen and oxygen atoms in total. The minimum absolute atomic E-state index is 0.143. The fourth-order valence-electron chi connectivity index (χ4n) is 2.76. The summed E-state index contributed by atoms with van der Waals surface area (Å²) in [5, 5.41) is 10.3. The number of aryl methyl sites for hydroxylation is 1. The van der Waals surface area contributed by atoms with Crippen molar-refractivity contribution in [2.75, 3.05) is 26.2 Å². The zero-order valence-electron chi connectivity index (χ0n) is 12.5. The van der Waals surface area contributed by atoms with Crippen LogP contribution in [-0.4, -0.2) is 36.2 Å². The molecule has 0 spiro atoms. The molecule has 118 valence electrons. The first-order valence-corrected chi connectivity index (χ1v) is 7.46. The average molecular weight is 305 g/mol. The summed E-state index contributed by atoms with van der Waals surface area (Å²) in [6.45, 7) is 4.17. The van der Waals surface area contributed by atoms with Gasteiger partial charge in [-0.25, -0.2) is 4.39 Å². The number of furan rings is 1. The molecule has 2 unspecified atom stereocenters. The maximum atomic E-state index is 13.7. The van der Waals surface area contributed by atoms with E-state index >= 15 is 0 Å². The van der Waals surface area contributed by atoms with Crippen molar-refractivity contribution in [3.8, 4) is 0 Å². The Morgan fingerprint density at radius 2 is 2.14 bits per heavy atom. The van der Waals surface area contributed by atoms with Crippen molar-refractivity contribution in [3.63, 3.8) is 0 Å². The highest BCUT2D eigenvalue weighted by molar-refractivity contribution is 5.20. The maximum Gasteiger partial charge on any atom is 0.134 e. The largest absolute Gasteiger partial charge is 0.464 e. The second kappa shape index (κ2) is 6.60. The van der Waals surface area contributed by atoms with Crippen LogP contribution in [0.4, 0.5) is 4.39 Å². The van der Waals surface area contributed by atoms with Crippen LogP contribution < -0.4 is 0 Å². The number of benzene rings is 1. The van der Waals surface area contributed by atoms with Gasteiger partial charge >= 0.3 is 0 Å². The second-order valence-corrected chi connectivity index (χ2v) is 5.60. The maximum absolute atomic E-state index is 13.7. The molecule has 2 aromatic rings. The minimum Gasteiger partial charge on any atom is -0.464 e. The third kappa shape index (κ3) is 3.38. The predicted molar refractivity (Wildman–Crippen MR) is 79.9 cm³/mol. The first-order chi connectivity index (χ1) is 10.6. The van der Waals surface area contributed by atoms with Crippen molar-refractivity contribution >= 4 is 0 Å². The highest BCUT2D eigenvalue weighted by Gasteiger charge is 2.26. The summed E-state index contributed by atoms with van der Waals surface area (Å²) in [7, 11) is 0. The Morgan fingerprint density at radius 3 is 2.86 bits per heavy atom. The summed E-state index contributed by atoms with van der Waals surface area (Å²) in [4.78, 5) is 2.07. The van der Waals surface area contributed by atoms with Gasteiger partial charge in [0.2, 0.25) is 0 Å². The van der Waals surface area contributed by atoms with E-state index < -0.39 is 6.10 Å². The van der Waals surface area contributed by atoms with E-state index in [1.165, 1.54) is 6.07 Å². The van der Waals surface area contributed by atoms with Gasteiger partial charge in [-0.15, -0.1) is 0 Å². The Labute approximate surface area is 129 Å². The van der Waals surface area contributed by atoms with E-state index in [1.54, 1.807) is 18.2 Å². The quantitative estimate of drug-likeness (QED) is 0.943. The Morgan fingerprint density at radius 1 is 1.32 bits per heavy atom. The number of aliphatic hydroxyl groups excluding tert-OH is 1. The number of halogens is 1. The van der Waals surface area contributed by atoms with Gasteiger partial charge in [0.05, 0.1) is 12.7 Å². The Kier molecular flexibility index (Phi) is 4.57. The SMILES string of the molecule is Cc1ccc(C2CN(CC(O)c3ccccc3F)CCO2)o1. The molecule has 0 saturated carbocycles. The monoisotopic (exact) mass is 305 g/mol. The lowest BCUT2D eigenvalue weighted by Crippen LogP contribution is -2.40. The van der Waals surface area contributed by atoms with Crippen LogP contribution in [0.5, 0.6) is 0 Å². The van der Waals surface area contributed by atoms with E-state index in [4.69, 9.17) is 9.15 Å². The molecule has 1 fully saturated rings. The molecule has 2 heterocycles. The lowest BCUT2D eigenvalue weighted by atomic mass is 10.1. The van der Waals surface area contributed by atoms with E-state index in [0.717, 1.165) is 11.5 Å². The molecule has 1 N–H and O–H groups in total. The molecule has 0 aliphatic carbocycles. The number of ether oxygens (including phenoxy) is 1. The number of aliphatic hydroxyl groups is 1. The van der Waals surface area contributed by atoms with Gasteiger partial charge in [0.15, 0.2) is 0 Å². The van der Waals surface area contributed by atoms with Crippen LogP contribution in [0.15, 0.2) is 40.8 Å². The van der Waals surface area contributed by atoms with E-state index in [-0.39, 0.29) is 11.9 Å². The highest BCUT2D eigenvalue weighted by Crippen LogP contribution is 2.26. The van der Waals surface area contributed by atoms with Crippen molar-refractivity contribution in [1.29, 1.82) is 0 Å². The normalized spacial score (nSPS) is 21.0. The molecule has 1 aliphatic heterocycles. The molecule has 3 rings (SSSR count). The lowest BCUT2D eigenvalue weighted by Gasteiger charge is -2.33. The third-order valence-electron chi connectivity index (χ3n) is 3.92. The predicted octanol–water partition coefficient (Wildman–Crippen LogP) is 2.83. The summed E-state index contributed by atoms with van der Waals surface area (Å²) in [5.41, 5.74) is 0.333. The van der Waals surface area contributed by atoms with Crippen molar-refractivity contribution in [2.24, 2.45) is 0 Å². The summed E-state index contributed by atoms with van der Waals surface area (Å²) < 4.78 is 25.1. The number of nitrogens with zero attached hydrogens (tertiary/aromatic N) is 1. The van der Waals surface area contributed by atoms with Crippen LogP contribution in [0.2, 0.25) is 0 Å². The molecule has 2 atom stereocenters. The number of rotatable bonds is 4. The minimum atomic E-state index is -0.849. The summed E-state index contributed by atoms with van der Waals surface area (Å²) in [6, 6.07) is 10.2. The Bertz CT molecular complexity index is 628. The van der Waals surface area contributed by atoms with Gasteiger partial charge in [-0.2, -0.15) is 0 Å². The average Bonchev–Trinajstić information content (AvgIpc) is 2.94. The van der Waals surface area contributed by atoms with Gasteiger partial charge < -0.3 is 14.3 Å². The van der Waals surface area contributed by atoms with Gasteiger partial charge in [-0.05, 0) is 25.1 Å². The van der Waals surface area contributed by atoms with Crippen LogP contribution >= 0.6 is 0 Å². The Balaban J connectivity index is 1.64. The van der Waals surface area contributed by atoms with Crippen LogP contribution in [0.1, 0.15) is 29.3 Å². The zero-order valence-corrected chi connectivity index (χ0v) is 12.5. The van der Waals surface area contributed by atoms with E-state index in [2.05, 4.69) is 4.90 Å². The molecular weight excluding hydrogens is 285 g/mol. The first-order valence-electron chi connectivity index (χ1n) is 7.46. The highest BCUT2D eigenvalue weighted by atomic mass is 19.1. The summed E-state index contributed by atoms with van der Waals surface area (Å²) >= 11 is 0. The van der Waals surface area contributed by atoms with Crippen molar-refractivity contribution in [1.82, 2.24) is 4.90 Å². The van der Waals surface area contributed by atoms with Crippen molar-refractivity contribution in [3.05, 3.63) is 59.3 Å². The van der Waals surface area contributed by atoms with E-state index in [9.17, 15) is 9.50 Å². The molecule has 1 aromatic carbocycles. The van der Waals surface area contributed by atoms with Crippen LogP contribution in [0.3, 0.4) is 0 Å². The smallest absolute Gasteiger partial charge is 0.134 e. The van der Waals surface area contributed by atoms with E-state index in [1.807, 2.05) is 19.1 Å². The van der Waals surface area contributed by atoms with Crippen LogP contribution in [-0.2, 0) is 4.74 Å². The van der Waals surface area contributed by atoms with Gasteiger partial charge in [-0.3, -0.25) is 4.90 Å². The lowest BCUT2D eigenvalue weighted by molar-refractivity contribution is -0.0516. The van der Waals surface area contributed by atoms with Crippen molar-refractivity contribution < 1.29 is 18.7 Å². The zero-order chi connectivity index (χ0) is 15.5. The Hall–Kier alpha value is -1.69.